The van der Waals surface area contributed by atoms with Crippen molar-refractivity contribution in [3.05, 3.63) is 71.8 Å². The Hall–Kier alpha value is -3.52. The molecule has 3 aromatic rings. The second-order valence-corrected chi connectivity index (χ2v) is 7.18. The van der Waals surface area contributed by atoms with Crippen LogP contribution in [0.1, 0.15) is 10.6 Å². The van der Waals surface area contributed by atoms with Crippen molar-refractivity contribution < 1.29 is 14.0 Å². The molecule has 0 saturated carbocycles. The minimum atomic E-state index is -0.364. The lowest BCUT2D eigenvalue weighted by Crippen LogP contribution is -2.49. The van der Waals surface area contributed by atoms with Crippen molar-refractivity contribution in [1.29, 1.82) is 0 Å². The number of halogens is 1. The molecule has 0 spiro atoms. The number of urea groups is 1. The second-order valence-electron chi connectivity index (χ2n) is 6.75. The molecule has 1 aliphatic rings. The number of pyridine rings is 1. The molecule has 3 heterocycles. The first-order valence-electron chi connectivity index (χ1n) is 9.46. The molecule has 1 aliphatic heterocycles. The van der Waals surface area contributed by atoms with E-state index in [1.54, 1.807) is 53.6 Å². The molecule has 0 aliphatic carbocycles. The van der Waals surface area contributed by atoms with Gasteiger partial charge in [0.1, 0.15) is 5.82 Å². The number of nitrogens with zero attached hydrogens (tertiary/aromatic N) is 3. The zero-order valence-corrected chi connectivity index (χ0v) is 16.8. The monoisotopic (exact) mass is 425 g/mol. The third-order valence-corrected chi connectivity index (χ3v) is 4.98. The third-order valence-electron chi connectivity index (χ3n) is 4.73. The maximum absolute atomic E-state index is 12.3. The summed E-state index contributed by atoms with van der Waals surface area (Å²) >= 11 is 5.84. The fourth-order valence-electron chi connectivity index (χ4n) is 3.17. The van der Waals surface area contributed by atoms with Gasteiger partial charge in [0.15, 0.2) is 5.76 Å². The van der Waals surface area contributed by atoms with Crippen molar-refractivity contribution in [3.8, 4) is 0 Å². The van der Waals surface area contributed by atoms with E-state index in [-0.39, 0.29) is 11.9 Å². The fourth-order valence-corrected chi connectivity index (χ4v) is 3.29. The number of hydrogen-bond donors (Lipinski definition) is 2. The first-order chi connectivity index (χ1) is 14.6. The summed E-state index contributed by atoms with van der Waals surface area (Å²) in [6, 6.07) is 13.5. The van der Waals surface area contributed by atoms with Crippen LogP contribution in [-0.4, -0.2) is 48.0 Å². The van der Waals surface area contributed by atoms with Gasteiger partial charge in [0.2, 0.25) is 0 Å². The Labute approximate surface area is 178 Å². The number of anilines is 3. The molecule has 0 radical (unpaired) electrons. The molecule has 0 bridgehead atoms. The van der Waals surface area contributed by atoms with Gasteiger partial charge in [-0.3, -0.25) is 4.79 Å². The maximum atomic E-state index is 12.3. The maximum Gasteiger partial charge on any atom is 0.323 e. The molecular formula is C21H20ClN5O3. The Kier molecular flexibility index (Phi) is 5.85. The highest BCUT2D eigenvalue weighted by atomic mass is 35.5. The summed E-state index contributed by atoms with van der Waals surface area (Å²) in [6.07, 6.45) is 3.11. The number of piperazine rings is 1. The summed E-state index contributed by atoms with van der Waals surface area (Å²) < 4.78 is 5.18. The van der Waals surface area contributed by atoms with Crippen molar-refractivity contribution in [2.24, 2.45) is 0 Å². The van der Waals surface area contributed by atoms with E-state index in [1.807, 2.05) is 6.07 Å². The summed E-state index contributed by atoms with van der Waals surface area (Å²) in [5.41, 5.74) is 1.22. The number of nitrogens with one attached hydrogen (secondary N) is 2. The molecule has 4 rings (SSSR count). The van der Waals surface area contributed by atoms with Crippen LogP contribution in [0, 0.1) is 0 Å². The van der Waals surface area contributed by atoms with Gasteiger partial charge in [-0.25, -0.2) is 9.78 Å². The highest BCUT2D eigenvalue weighted by Gasteiger charge is 2.24. The van der Waals surface area contributed by atoms with Crippen molar-refractivity contribution >= 4 is 40.7 Å². The lowest BCUT2D eigenvalue weighted by atomic mass is 10.2. The van der Waals surface area contributed by atoms with E-state index in [2.05, 4.69) is 20.5 Å². The highest BCUT2D eigenvalue weighted by Crippen LogP contribution is 2.18. The number of rotatable bonds is 4. The van der Waals surface area contributed by atoms with E-state index in [9.17, 15) is 9.59 Å². The Balaban J connectivity index is 1.29. The van der Waals surface area contributed by atoms with Gasteiger partial charge in [-0.15, -0.1) is 0 Å². The van der Waals surface area contributed by atoms with Gasteiger partial charge in [0.05, 0.1) is 18.1 Å². The molecule has 3 amide bonds. The van der Waals surface area contributed by atoms with Crippen LogP contribution >= 0.6 is 11.6 Å². The van der Waals surface area contributed by atoms with Crippen molar-refractivity contribution in [1.82, 2.24) is 9.88 Å². The summed E-state index contributed by atoms with van der Waals surface area (Å²) in [7, 11) is 0. The van der Waals surface area contributed by atoms with Crippen LogP contribution in [-0.2, 0) is 0 Å². The number of amides is 3. The second kappa shape index (κ2) is 8.87. The molecule has 0 atom stereocenters. The first kappa shape index (κ1) is 19.8. The number of furan rings is 1. The van der Waals surface area contributed by atoms with Gasteiger partial charge in [0, 0.05) is 36.9 Å². The van der Waals surface area contributed by atoms with Crippen LogP contribution < -0.4 is 15.5 Å². The number of carbonyl (C=O) groups excluding carboxylic acids is 2. The van der Waals surface area contributed by atoms with E-state index in [0.717, 1.165) is 5.82 Å². The quantitative estimate of drug-likeness (QED) is 0.660. The van der Waals surface area contributed by atoms with Gasteiger partial charge in [0.25, 0.3) is 5.91 Å². The van der Waals surface area contributed by atoms with Crippen molar-refractivity contribution in [2.75, 3.05) is 41.7 Å². The van der Waals surface area contributed by atoms with E-state index >= 15 is 0 Å². The number of benzene rings is 1. The minimum absolute atomic E-state index is 0.0983. The van der Waals surface area contributed by atoms with Gasteiger partial charge in [-0.05, 0) is 48.5 Å². The van der Waals surface area contributed by atoms with Gasteiger partial charge >= 0.3 is 6.03 Å². The van der Waals surface area contributed by atoms with Crippen molar-refractivity contribution in [3.63, 3.8) is 0 Å². The lowest BCUT2D eigenvalue weighted by molar-refractivity contribution is 0.0714. The summed E-state index contributed by atoms with van der Waals surface area (Å²) in [4.78, 5) is 32.8. The Morgan fingerprint density at radius 3 is 2.27 bits per heavy atom. The summed E-state index contributed by atoms with van der Waals surface area (Å²) in [5.74, 6) is 1.05. The fraction of sp³-hybridized carbons (Fsp3) is 0.190. The van der Waals surface area contributed by atoms with Crippen molar-refractivity contribution in [2.45, 2.75) is 0 Å². The SMILES string of the molecule is O=C(Nc1ccc(Cl)cc1)Nc1ccc(N2CCN(C(=O)c3ccco3)CC2)nc1. The van der Waals surface area contributed by atoms with Gasteiger partial charge in [-0.1, -0.05) is 11.6 Å². The molecule has 1 saturated heterocycles. The van der Waals surface area contributed by atoms with Crippen LogP contribution in [0.3, 0.4) is 0 Å². The smallest absolute Gasteiger partial charge is 0.323 e. The standard InChI is InChI=1S/C21H20ClN5O3/c22-15-3-5-16(6-4-15)24-21(29)25-17-7-8-19(23-14-17)26-9-11-27(12-10-26)20(28)18-2-1-13-30-18/h1-8,13-14H,9-12H2,(H2,24,25,29). The number of hydrogen-bond acceptors (Lipinski definition) is 5. The normalized spacial score (nSPS) is 13.8. The molecule has 2 N–H and O–H groups in total. The highest BCUT2D eigenvalue weighted by molar-refractivity contribution is 6.30. The third kappa shape index (κ3) is 4.72. The molecule has 1 fully saturated rings. The average molecular weight is 426 g/mol. The molecule has 8 nitrogen and oxygen atoms in total. The van der Waals surface area contributed by atoms with E-state index in [4.69, 9.17) is 16.0 Å². The Morgan fingerprint density at radius 1 is 0.933 bits per heavy atom. The molecule has 30 heavy (non-hydrogen) atoms. The van der Waals surface area contributed by atoms with Crippen LogP contribution in [0.4, 0.5) is 22.0 Å². The summed E-state index contributed by atoms with van der Waals surface area (Å²) in [5, 5.41) is 6.08. The first-order valence-corrected chi connectivity index (χ1v) is 9.84. The topological polar surface area (TPSA) is 90.7 Å². The summed E-state index contributed by atoms with van der Waals surface area (Å²) in [6.45, 7) is 2.52. The largest absolute Gasteiger partial charge is 0.459 e. The Bertz CT molecular complexity index is 998. The van der Waals surface area contributed by atoms with Crippen LogP contribution in [0.25, 0.3) is 0 Å². The van der Waals surface area contributed by atoms with Gasteiger partial charge in [-0.2, -0.15) is 0 Å². The molecule has 9 heteroatoms. The van der Waals surface area contributed by atoms with Crippen LogP contribution in [0.5, 0.6) is 0 Å². The van der Waals surface area contributed by atoms with E-state index in [1.165, 1.54) is 6.26 Å². The predicted octanol–water partition coefficient (Wildman–Crippen LogP) is 3.93. The molecule has 0 unspecified atom stereocenters. The molecular weight excluding hydrogens is 406 g/mol. The zero-order valence-electron chi connectivity index (χ0n) is 16.0. The molecule has 2 aromatic heterocycles. The minimum Gasteiger partial charge on any atom is -0.459 e. The van der Waals surface area contributed by atoms with Crippen LogP contribution in [0.2, 0.25) is 5.02 Å². The molecule has 1 aromatic carbocycles. The van der Waals surface area contributed by atoms with Gasteiger partial charge < -0.3 is 24.9 Å². The number of carbonyl (C=O) groups is 2. The number of aromatic nitrogens is 1. The lowest BCUT2D eigenvalue weighted by Gasteiger charge is -2.35. The van der Waals surface area contributed by atoms with Crippen LogP contribution in [0.15, 0.2) is 65.4 Å². The van der Waals surface area contributed by atoms with E-state index < -0.39 is 0 Å². The Morgan fingerprint density at radius 2 is 1.63 bits per heavy atom. The predicted molar refractivity (Wildman–Crippen MR) is 115 cm³/mol. The molecule has 154 valence electrons. The zero-order chi connectivity index (χ0) is 20.9. The average Bonchev–Trinajstić information content (AvgIpc) is 3.30. The van der Waals surface area contributed by atoms with E-state index in [0.29, 0.717) is 48.3 Å².